The van der Waals surface area contributed by atoms with Crippen molar-refractivity contribution in [1.82, 2.24) is 10.1 Å². The van der Waals surface area contributed by atoms with Crippen LogP contribution in [0.3, 0.4) is 0 Å². The fourth-order valence-corrected chi connectivity index (χ4v) is 3.31. The van der Waals surface area contributed by atoms with Crippen LogP contribution >= 0.6 is 11.6 Å². The van der Waals surface area contributed by atoms with Crippen LogP contribution in [-0.4, -0.2) is 36.2 Å². The summed E-state index contributed by atoms with van der Waals surface area (Å²) in [6.07, 6.45) is 0. The molecule has 0 saturated carbocycles. The van der Waals surface area contributed by atoms with Crippen LogP contribution in [0.25, 0.3) is 11.0 Å². The molecule has 4 nitrogen and oxygen atoms in total. The quantitative estimate of drug-likeness (QED) is 0.719. The van der Waals surface area contributed by atoms with Crippen LogP contribution < -0.4 is 4.90 Å². The Hall–Kier alpha value is -2.11. The summed E-state index contributed by atoms with van der Waals surface area (Å²) in [4.78, 5) is 4.67. The third-order valence-electron chi connectivity index (χ3n) is 4.43. The molecular formula is C18H17ClFN3O. The van der Waals surface area contributed by atoms with Gasteiger partial charge in [0.2, 0.25) is 0 Å². The number of piperazine rings is 1. The van der Waals surface area contributed by atoms with Gasteiger partial charge in [-0.1, -0.05) is 22.8 Å². The Morgan fingerprint density at radius 1 is 1.08 bits per heavy atom. The number of aromatic nitrogens is 1. The van der Waals surface area contributed by atoms with Gasteiger partial charge in [-0.05, 0) is 30.3 Å². The molecule has 0 amide bonds. The predicted molar refractivity (Wildman–Crippen MR) is 92.9 cm³/mol. The average molecular weight is 346 g/mol. The van der Waals surface area contributed by atoms with E-state index in [1.54, 1.807) is 6.07 Å². The highest BCUT2D eigenvalue weighted by molar-refractivity contribution is 6.30. The average Bonchev–Trinajstić information content (AvgIpc) is 2.97. The maximum Gasteiger partial charge on any atom is 0.170 e. The zero-order valence-electron chi connectivity index (χ0n) is 13.1. The van der Waals surface area contributed by atoms with E-state index >= 15 is 0 Å². The van der Waals surface area contributed by atoms with E-state index in [4.69, 9.17) is 16.1 Å². The van der Waals surface area contributed by atoms with Gasteiger partial charge in [-0.15, -0.1) is 0 Å². The first-order valence-electron chi connectivity index (χ1n) is 7.96. The lowest BCUT2D eigenvalue weighted by atomic mass is 10.2. The zero-order chi connectivity index (χ0) is 16.5. The summed E-state index contributed by atoms with van der Waals surface area (Å²) in [6.45, 7) is 4.45. The number of fused-ring (bicyclic) bond motifs is 1. The van der Waals surface area contributed by atoms with Gasteiger partial charge in [-0.3, -0.25) is 4.90 Å². The van der Waals surface area contributed by atoms with Crippen LogP contribution in [0.1, 0.15) is 5.69 Å². The summed E-state index contributed by atoms with van der Waals surface area (Å²) < 4.78 is 18.5. The molecule has 1 saturated heterocycles. The second-order valence-corrected chi connectivity index (χ2v) is 6.45. The first kappa shape index (κ1) is 15.4. The van der Waals surface area contributed by atoms with Gasteiger partial charge in [0.1, 0.15) is 11.5 Å². The molecule has 1 aromatic heterocycles. The van der Waals surface area contributed by atoms with E-state index in [9.17, 15) is 4.39 Å². The summed E-state index contributed by atoms with van der Waals surface area (Å²) >= 11 is 6.07. The van der Waals surface area contributed by atoms with E-state index in [-0.39, 0.29) is 5.82 Å². The van der Waals surface area contributed by atoms with Gasteiger partial charge in [-0.25, -0.2) is 4.39 Å². The first-order valence-corrected chi connectivity index (χ1v) is 8.33. The van der Waals surface area contributed by atoms with Crippen LogP contribution in [0.2, 0.25) is 5.02 Å². The van der Waals surface area contributed by atoms with Gasteiger partial charge >= 0.3 is 0 Å². The van der Waals surface area contributed by atoms with E-state index in [2.05, 4.69) is 21.0 Å². The SMILES string of the molecule is Fc1ccc2c(CN3CCN(c4cccc(Cl)c4)CC3)noc2c1. The highest BCUT2D eigenvalue weighted by Crippen LogP contribution is 2.23. The molecule has 3 aromatic rings. The second-order valence-electron chi connectivity index (χ2n) is 6.01. The molecule has 24 heavy (non-hydrogen) atoms. The molecule has 1 fully saturated rings. The van der Waals surface area contributed by atoms with Crippen LogP contribution in [0.15, 0.2) is 47.0 Å². The van der Waals surface area contributed by atoms with Crippen LogP contribution in [0, 0.1) is 5.82 Å². The molecule has 1 aliphatic rings. The molecule has 1 aliphatic heterocycles. The van der Waals surface area contributed by atoms with E-state index in [1.165, 1.54) is 12.1 Å². The van der Waals surface area contributed by atoms with Crippen LogP contribution in [0.5, 0.6) is 0 Å². The van der Waals surface area contributed by atoms with Crippen LogP contribution in [-0.2, 0) is 6.54 Å². The number of nitrogens with zero attached hydrogens (tertiary/aromatic N) is 3. The molecule has 2 aromatic carbocycles. The molecular weight excluding hydrogens is 329 g/mol. The third kappa shape index (κ3) is 3.09. The minimum Gasteiger partial charge on any atom is -0.369 e. The summed E-state index contributed by atoms with van der Waals surface area (Å²) in [5.74, 6) is -0.305. The molecule has 0 aliphatic carbocycles. The fourth-order valence-electron chi connectivity index (χ4n) is 3.13. The fraction of sp³-hybridized carbons (Fsp3) is 0.278. The molecule has 6 heteroatoms. The predicted octanol–water partition coefficient (Wildman–Crippen LogP) is 3.94. The van der Waals surface area contributed by atoms with Crippen molar-refractivity contribution in [3.05, 3.63) is 59.0 Å². The third-order valence-corrected chi connectivity index (χ3v) is 4.66. The Kier molecular flexibility index (Phi) is 4.12. The summed E-state index contributed by atoms with van der Waals surface area (Å²) in [5.41, 5.74) is 2.52. The van der Waals surface area contributed by atoms with E-state index in [1.807, 2.05) is 18.2 Å². The highest BCUT2D eigenvalue weighted by atomic mass is 35.5. The molecule has 0 unspecified atom stereocenters. The van der Waals surface area contributed by atoms with Crippen molar-refractivity contribution < 1.29 is 8.91 Å². The van der Waals surface area contributed by atoms with Gasteiger partial charge in [0.15, 0.2) is 5.58 Å². The Balaban J connectivity index is 1.42. The Labute approximate surface area is 144 Å². The minimum absolute atomic E-state index is 0.305. The Morgan fingerprint density at radius 2 is 1.92 bits per heavy atom. The van der Waals surface area contributed by atoms with Gasteiger partial charge in [0.25, 0.3) is 0 Å². The number of hydrogen-bond donors (Lipinski definition) is 0. The summed E-state index contributed by atoms with van der Waals surface area (Å²) in [7, 11) is 0. The lowest BCUT2D eigenvalue weighted by molar-refractivity contribution is 0.243. The molecule has 2 heterocycles. The summed E-state index contributed by atoms with van der Waals surface area (Å²) in [6, 6.07) is 12.5. The molecule has 0 atom stereocenters. The smallest absolute Gasteiger partial charge is 0.170 e. The van der Waals surface area contributed by atoms with Crippen molar-refractivity contribution >= 4 is 28.3 Å². The van der Waals surface area contributed by atoms with Crippen LogP contribution in [0.4, 0.5) is 10.1 Å². The van der Waals surface area contributed by atoms with Crippen molar-refractivity contribution in [3.8, 4) is 0 Å². The first-order chi connectivity index (χ1) is 11.7. The van der Waals surface area contributed by atoms with Crippen molar-refractivity contribution in [1.29, 1.82) is 0 Å². The topological polar surface area (TPSA) is 32.5 Å². The molecule has 124 valence electrons. The lowest BCUT2D eigenvalue weighted by Gasteiger charge is -2.35. The molecule has 0 N–H and O–H groups in total. The number of benzene rings is 2. The minimum atomic E-state index is -0.305. The maximum absolute atomic E-state index is 13.2. The van der Waals surface area contributed by atoms with Crippen molar-refractivity contribution in [2.24, 2.45) is 0 Å². The van der Waals surface area contributed by atoms with Crippen molar-refractivity contribution in [2.45, 2.75) is 6.54 Å². The van der Waals surface area contributed by atoms with Crippen molar-refractivity contribution in [2.75, 3.05) is 31.1 Å². The zero-order valence-corrected chi connectivity index (χ0v) is 13.8. The van der Waals surface area contributed by atoms with E-state index < -0.39 is 0 Å². The van der Waals surface area contributed by atoms with Gasteiger partial charge in [-0.2, -0.15) is 0 Å². The van der Waals surface area contributed by atoms with Crippen molar-refractivity contribution in [3.63, 3.8) is 0 Å². The van der Waals surface area contributed by atoms with E-state index in [0.29, 0.717) is 12.1 Å². The number of rotatable bonds is 3. The standard InChI is InChI=1S/C18H17ClFN3O/c19-13-2-1-3-15(10-13)23-8-6-22(7-9-23)12-17-16-5-4-14(20)11-18(16)24-21-17/h1-5,10-11H,6-9,12H2. The van der Waals surface area contributed by atoms with Gasteiger partial charge < -0.3 is 9.42 Å². The normalized spacial score (nSPS) is 16.0. The highest BCUT2D eigenvalue weighted by Gasteiger charge is 2.20. The van der Waals surface area contributed by atoms with Gasteiger partial charge in [0.05, 0.1) is 0 Å². The van der Waals surface area contributed by atoms with E-state index in [0.717, 1.165) is 48.0 Å². The number of anilines is 1. The Bertz CT molecular complexity index is 858. The number of hydrogen-bond acceptors (Lipinski definition) is 4. The molecule has 0 spiro atoms. The maximum atomic E-state index is 13.2. The molecule has 4 rings (SSSR count). The monoisotopic (exact) mass is 345 g/mol. The Morgan fingerprint density at radius 3 is 2.71 bits per heavy atom. The molecule has 0 bridgehead atoms. The van der Waals surface area contributed by atoms with Gasteiger partial charge in [0, 0.05) is 54.9 Å². The molecule has 0 radical (unpaired) electrons. The second kappa shape index (κ2) is 6.42. The number of halogens is 2. The lowest BCUT2D eigenvalue weighted by Crippen LogP contribution is -2.46. The largest absolute Gasteiger partial charge is 0.369 e. The summed E-state index contributed by atoms with van der Waals surface area (Å²) in [5, 5.41) is 5.75.